The number of hydrogen-bond acceptors (Lipinski definition) is 4. The van der Waals surface area contributed by atoms with Crippen LogP contribution in [0.4, 0.5) is 13.2 Å². The van der Waals surface area contributed by atoms with Gasteiger partial charge in [-0.1, -0.05) is 6.07 Å². The van der Waals surface area contributed by atoms with Gasteiger partial charge in [0.2, 0.25) is 6.79 Å². The van der Waals surface area contributed by atoms with Gasteiger partial charge in [0.1, 0.15) is 0 Å². The van der Waals surface area contributed by atoms with Gasteiger partial charge in [-0.25, -0.2) is 0 Å². The van der Waals surface area contributed by atoms with E-state index >= 15 is 0 Å². The maximum Gasteiger partial charge on any atom is 0.401 e. The van der Waals surface area contributed by atoms with Crippen LogP contribution in [0, 0.1) is 0 Å². The molecule has 1 aliphatic heterocycles. The molecule has 0 fully saturated rings. The summed E-state index contributed by atoms with van der Waals surface area (Å²) in [6.45, 7) is 0.765. The van der Waals surface area contributed by atoms with Gasteiger partial charge in [0.05, 0.1) is 6.54 Å². The summed E-state index contributed by atoms with van der Waals surface area (Å²) >= 11 is 0. The number of halogens is 3. The Morgan fingerprint density at radius 1 is 1.24 bits per heavy atom. The topological polar surface area (TPSA) is 58.1 Å². The first-order chi connectivity index (χ1) is 11.9. The molecule has 9 heteroatoms. The fourth-order valence-corrected chi connectivity index (χ4v) is 2.40. The average Bonchev–Trinajstić information content (AvgIpc) is 3.00. The molecule has 140 valence electrons. The van der Waals surface area contributed by atoms with E-state index in [4.69, 9.17) is 9.47 Å². The maximum absolute atomic E-state index is 12.2. The van der Waals surface area contributed by atoms with Gasteiger partial charge in [-0.2, -0.15) is 13.2 Å². The molecule has 0 radical (unpaired) electrons. The number of aliphatic imine (C=N–C) groups is 1. The molecular formula is C16H23F3N4O2. The second kappa shape index (κ2) is 8.80. The normalized spacial score (nSPS) is 14.1. The standard InChI is InChI=1S/C16H23F3N4O2/c1-20-15(21-6-3-7-23(2)10-16(17,18)19)22-9-12-4-5-13-14(8-12)25-11-24-13/h4-5,8H,3,6-7,9-11H2,1-2H3,(H2,20,21,22). The van der Waals surface area contributed by atoms with E-state index in [-0.39, 0.29) is 6.79 Å². The van der Waals surface area contributed by atoms with Crippen molar-refractivity contribution in [3.05, 3.63) is 23.8 Å². The second-order valence-electron chi connectivity index (χ2n) is 5.75. The van der Waals surface area contributed by atoms with Crippen LogP contribution < -0.4 is 20.1 Å². The Labute approximate surface area is 145 Å². The van der Waals surface area contributed by atoms with Crippen LogP contribution in [-0.2, 0) is 6.54 Å². The van der Waals surface area contributed by atoms with Crippen molar-refractivity contribution < 1.29 is 22.6 Å². The molecule has 6 nitrogen and oxygen atoms in total. The first-order valence-corrected chi connectivity index (χ1v) is 7.96. The Bertz CT molecular complexity index is 593. The molecule has 0 aromatic heterocycles. The van der Waals surface area contributed by atoms with Crippen molar-refractivity contribution in [3.63, 3.8) is 0 Å². The Kier molecular flexibility index (Phi) is 6.74. The zero-order chi connectivity index (χ0) is 18.3. The number of guanidine groups is 1. The predicted octanol–water partition coefficient (Wildman–Crippen LogP) is 1.96. The van der Waals surface area contributed by atoms with Crippen molar-refractivity contribution in [2.45, 2.75) is 19.1 Å². The van der Waals surface area contributed by atoms with Gasteiger partial charge in [-0.15, -0.1) is 0 Å². The van der Waals surface area contributed by atoms with E-state index in [1.807, 2.05) is 18.2 Å². The molecule has 1 aliphatic rings. The molecular weight excluding hydrogens is 337 g/mol. The van der Waals surface area contributed by atoms with Gasteiger partial charge in [-0.05, 0) is 37.7 Å². The molecule has 0 spiro atoms. The SMILES string of the molecule is CN=C(NCCCN(C)CC(F)(F)F)NCc1ccc2c(c1)OCO2. The summed E-state index contributed by atoms with van der Waals surface area (Å²) in [6.07, 6.45) is -3.58. The third-order valence-electron chi connectivity index (χ3n) is 3.58. The number of benzene rings is 1. The highest BCUT2D eigenvalue weighted by Crippen LogP contribution is 2.32. The van der Waals surface area contributed by atoms with Crippen molar-refractivity contribution in [1.82, 2.24) is 15.5 Å². The maximum atomic E-state index is 12.2. The van der Waals surface area contributed by atoms with Crippen molar-refractivity contribution in [3.8, 4) is 11.5 Å². The lowest BCUT2D eigenvalue weighted by Crippen LogP contribution is -2.39. The fourth-order valence-electron chi connectivity index (χ4n) is 2.40. The Morgan fingerprint density at radius 3 is 2.72 bits per heavy atom. The third kappa shape index (κ3) is 6.69. The summed E-state index contributed by atoms with van der Waals surface area (Å²) in [7, 11) is 3.10. The number of rotatable bonds is 7. The molecule has 2 rings (SSSR count). The summed E-state index contributed by atoms with van der Waals surface area (Å²) in [4.78, 5) is 5.35. The van der Waals surface area contributed by atoms with Gasteiger partial charge < -0.3 is 20.1 Å². The number of alkyl halides is 3. The van der Waals surface area contributed by atoms with Crippen LogP contribution in [0.3, 0.4) is 0 Å². The molecule has 25 heavy (non-hydrogen) atoms. The molecule has 0 atom stereocenters. The zero-order valence-corrected chi connectivity index (χ0v) is 14.3. The molecule has 1 heterocycles. The number of nitrogens with zero attached hydrogens (tertiary/aromatic N) is 2. The minimum Gasteiger partial charge on any atom is -0.454 e. The van der Waals surface area contributed by atoms with E-state index in [0.717, 1.165) is 17.1 Å². The van der Waals surface area contributed by atoms with Crippen LogP contribution in [0.2, 0.25) is 0 Å². The van der Waals surface area contributed by atoms with E-state index in [1.54, 1.807) is 7.05 Å². The minimum absolute atomic E-state index is 0.234. The second-order valence-corrected chi connectivity index (χ2v) is 5.75. The number of ether oxygens (including phenoxy) is 2. The van der Waals surface area contributed by atoms with Gasteiger partial charge >= 0.3 is 6.18 Å². The van der Waals surface area contributed by atoms with E-state index in [1.165, 1.54) is 11.9 Å². The summed E-state index contributed by atoms with van der Waals surface area (Å²) in [5, 5.41) is 6.24. The van der Waals surface area contributed by atoms with Crippen molar-refractivity contribution in [1.29, 1.82) is 0 Å². The highest BCUT2D eigenvalue weighted by Gasteiger charge is 2.28. The van der Waals surface area contributed by atoms with E-state index < -0.39 is 12.7 Å². The lowest BCUT2D eigenvalue weighted by molar-refractivity contribution is -0.143. The van der Waals surface area contributed by atoms with E-state index in [9.17, 15) is 13.2 Å². The quantitative estimate of drug-likeness (QED) is 0.442. The highest BCUT2D eigenvalue weighted by molar-refractivity contribution is 5.79. The lowest BCUT2D eigenvalue weighted by Gasteiger charge is -2.19. The Hall–Kier alpha value is -2.16. The number of fused-ring (bicyclic) bond motifs is 1. The fraction of sp³-hybridized carbons (Fsp3) is 0.562. The number of hydrogen-bond donors (Lipinski definition) is 2. The average molecular weight is 360 g/mol. The van der Waals surface area contributed by atoms with Crippen molar-refractivity contribution in [2.24, 2.45) is 4.99 Å². The summed E-state index contributed by atoms with van der Waals surface area (Å²) in [6, 6.07) is 5.68. The van der Waals surface area contributed by atoms with Crippen LogP contribution >= 0.6 is 0 Å². The smallest absolute Gasteiger partial charge is 0.401 e. The van der Waals surface area contributed by atoms with Crippen LogP contribution in [-0.4, -0.2) is 57.6 Å². The molecule has 2 N–H and O–H groups in total. The molecule has 0 saturated carbocycles. The zero-order valence-electron chi connectivity index (χ0n) is 14.3. The van der Waals surface area contributed by atoms with Crippen LogP contribution in [0.5, 0.6) is 11.5 Å². The van der Waals surface area contributed by atoms with Gasteiger partial charge in [0.15, 0.2) is 17.5 Å². The van der Waals surface area contributed by atoms with Gasteiger partial charge in [0.25, 0.3) is 0 Å². The summed E-state index contributed by atoms with van der Waals surface area (Å²) in [5.41, 5.74) is 1.01. The first kappa shape index (κ1) is 19.2. The minimum atomic E-state index is -4.16. The number of nitrogens with one attached hydrogen (secondary N) is 2. The third-order valence-corrected chi connectivity index (χ3v) is 3.58. The van der Waals surface area contributed by atoms with Crippen LogP contribution in [0.15, 0.2) is 23.2 Å². The monoisotopic (exact) mass is 360 g/mol. The Balaban J connectivity index is 1.67. The Morgan fingerprint density at radius 2 is 2.00 bits per heavy atom. The lowest BCUT2D eigenvalue weighted by atomic mass is 10.2. The molecule has 1 aromatic rings. The van der Waals surface area contributed by atoms with Crippen LogP contribution in [0.1, 0.15) is 12.0 Å². The highest BCUT2D eigenvalue weighted by atomic mass is 19.4. The molecule has 0 aliphatic carbocycles. The molecule has 0 amide bonds. The summed E-state index contributed by atoms with van der Waals surface area (Å²) < 4.78 is 47.3. The van der Waals surface area contributed by atoms with Crippen molar-refractivity contribution in [2.75, 3.05) is 40.5 Å². The van der Waals surface area contributed by atoms with E-state index in [0.29, 0.717) is 32.0 Å². The van der Waals surface area contributed by atoms with E-state index in [2.05, 4.69) is 15.6 Å². The molecule has 1 aromatic carbocycles. The molecule has 0 unspecified atom stereocenters. The van der Waals surface area contributed by atoms with Crippen LogP contribution in [0.25, 0.3) is 0 Å². The van der Waals surface area contributed by atoms with Gasteiger partial charge in [0, 0.05) is 20.1 Å². The predicted molar refractivity (Wildman–Crippen MR) is 88.9 cm³/mol. The van der Waals surface area contributed by atoms with Crippen molar-refractivity contribution >= 4 is 5.96 Å². The summed E-state index contributed by atoms with van der Waals surface area (Å²) in [5.74, 6) is 2.04. The largest absolute Gasteiger partial charge is 0.454 e. The molecule has 0 bridgehead atoms. The first-order valence-electron chi connectivity index (χ1n) is 7.96. The molecule has 0 saturated heterocycles. The van der Waals surface area contributed by atoms with Gasteiger partial charge in [-0.3, -0.25) is 9.89 Å².